The fraction of sp³-hybridized carbons (Fsp3) is 0.333. The van der Waals surface area contributed by atoms with E-state index in [2.05, 4.69) is 31.1 Å². The smallest absolute Gasteiger partial charge is 0.133 e. The maximum Gasteiger partial charge on any atom is 0.133 e. The minimum absolute atomic E-state index is 0. The van der Waals surface area contributed by atoms with E-state index in [9.17, 15) is 10.2 Å². The van der Waals surface area contributed by atoms with Crippen LogP contribution in [0, 0.1) is 0 Å². The topological polar surface area (TPSA) is 99.5 Å². The predicted octanol–water partition coefficient (Wildman–Crippen LogP) is 1.67. The summed E-state index contributed by atoms with van der Waals surface area (Å²) in [6, 6.07) is 7.12. The van der Waals surface area contributed by atoms with E-state index in [0.717, 1.165) is 17.4 Å². The highest BCUT2D eigenvalue weighted by Gasteiger charge is 2.23. The van der Waals surface area contributed by atoms with Crippen LogP contribution in [-0.2, 0) is 0 Å². The summed E-state index contributed by atoms with van der Waals surface area (Å²) in [6.07, 6.45) is 4.57. The van der Waals surface area contributed by atoms with Crippen molar-refractivity contribution in [2.24, 2.45) is 9.98 Å². The summed E-state index contributed by atoms with van der Waals surface area (Å²) in [7, 11) is 8.09. The van der Waals surface area contributed by atoms with Crippen molar-refractivity contribution in [3.63, 3.8) is 0 Å². The fourth-order valence-electron chi connectivity index (χ4n) is 3.27. The Kier molecular flexibility index (Phi) is 6.03. The average Bonchev–Trinajstić information content (AvgIpc) is 2.62. The van der Waals surface area contributed by atoms with Crippen molar-refractivity contribution in [3.8, 4) is 11.5 Å². The number of benzene rings is 2. The van der Waals surface area contributed by atoms with Crippen molar-refractivity contribution in [3.05, 3.63) is 47.5 Å². The molecule has 0 aliphatic heterocycles. The molecule has 0 atom stereocenters. The zero-order valence-electron chi connectivity index (χ0n) is 16.3. The maximum atomic E-state index is 13.0. The molecular weight excluding hydrogens is 342 g/mol. The molecule has 0 amide bonds. The quantitative estimate of drug-likeness (QED) is 0.655. The minimum Gasteiger partial charge on any atom is -0.872 e. The number of allylic oxidation sites excluding steroid dienone is 2. The van der Waals surface area contributed by atoms with Gasteiger partial charge in [0, 0.05) is 31.0 Å². The number of nitrogens with zero attached hydrogens (tertiary/aromatic N) is 3. The minimum atomic E-state index is -0.114. The molecule has 0 spiro atoms. The van der Waals surface area contributed by atoms with Gasteiger partial charge in [-0.2, -0.15) is 0 Å². The zero-order chi connectivity index (χ0) is 18.9. The molecule has 1 aliphatic rings. The van der Waals surface area contributed by atoms with Gasteiger partial charge in [0.2, 0.25) is 0 Å². The average molecular weight is 369 g/mol. The monoisotopic (exact) mass is 369 g/mol. The number of rotatable bonds is 4. The number of aliphatic imine (C=N–C) groups is 2. The second kappa shape index (κ2) is 7.90. The number of hydrogen-bond acceptors (Lipinski definition) is 4. The Bertz CT molecular complexity index is 938. The van der Waals surface area contributed by atoms with Crippen molar-refractivity contribution in [2.45, 2.75) is 6.42 Å². The standard InChI is InChI=1S/C21H25N3O2.H2O/c1-22-16-10-11-17(23-12-7-13-24(2,3)4)19-18(16)20(25)14-8-5-6-9-15(14)21(19)26;/h5-6,8-11H,7,12-13H2,1-4H3,(H-,22,23,25,26);1H2. The van der Waals surface area contributed by atoms with Crippen LogP contribution in [0.2, 0.25) is 0 Å². The normalized spacial score (nSPS) is 16.6. The van der Waals surface area contributed by atoms with Crippen LogP contribution in [0.25, 0.3) is 10.8 Å². The van der Waals surface area contributed by atoms with Gasteiger partial charge in [0.05, 0.1) is 44.7 Å². The van der Waals surface area contributed by atoms with E-state index in [1.807, 2.05) is 12.1 Å². The molecule has 6 heteroatoms. The van der Waals surface area contributed by atoms with E-state index >= 15 is 0 Å². The molecule has 0 saturated carbocycles. The highest BCUT2D eigenvalue weighted by atomic mass is 16.3. The first-order valence-corrected chi connectivity index (χ1v) is 8.78. The number of phenols is 1. The van der Waals surface area contributed by atoms with Crippen LogP contribution < -0.4 is 5.11 Å². The molecule has 27 heavy (non-hydrogen) atoms. The summed E-state index contributed by atoms with van der Waals surface area (Å²) in [5.41, 5.74) is 2.17. The van der Waals surface area contributed by atoms with Gasteiger partial charge in [0.15, 0.2) is 0 Å². The highest BCUT2D eigenvalue weighted by Crippen LogP contribution is 2.40. The van der Waals surface area contributed by atoms with Crippen LogP contribution in [0.5, 0.6) is 11.5 Å². The molecule has 1 aliphatic carbocycles. The van der Waals surface area contributed by atoms with Crippen molar-refractivity contribution in [1.82, 2.24) is 0 Å². The van der Waals surface area contributed by atoms with Gasteiger partial charge in [-0.3, -0.25) is 9.98 Å². The third-order valence-corrected chi connectivity index (χ3v) is 4.56. The third-order valence-electron chi connectivity index (χ3n) is 4.56. The Hall–Kier alpha value is -2.70. The summed E-state index contributed by atoms with van der Waals surface area (Å²) in [6.45, 7) is 1.65. The highest BCUT2D eigenvalue weighted by molar-refractivity contribution is 6.30. The SMILES string of the molecule is CN=C1C=CC(=NCCC[N+](C)(C)C)c2c1c([O-])c1ccccc1c2O.O. The molecule has 3 N–H and O–H groups in total. The molecule has 6 nitrogen and oxygen atoms in total. The molecule has 0 bridgehead atoms. The third kappa shape index (κ3) is 4.02. The van der Waals surface area contributed by atoms with E-state index < -0.39 is 0 Å². The van der Waals surface area contributed by atoms with Crippen molar-refractivity contribution in [1.29, 1.82) is 0 Å². The molecular formula is C21H27N3O3. The molecule has 2 aromatic rings. The molecule has 0 fully saturated rings. The summed E-state index contributed by atoms with van der Waals surface area (Å²) in [5.74, 6) is -0.0107. The van der Waals surface area contributed by atoms with Crippen LogP contribution >= 0.6 is 0 Å². The Labute approximate surface area is 159 Å². The lowest BCUT2D eigenvalue weighted by Crippen LogP contribution is -2.35. The van der Waals surface area contributed by atoms with E-state index in [1.54, 1.807) is 31.3 Å². The number of phenolic OH excluding ortho intramolecular Hbond substituents is 1. The van der Waals surface area contributed by atoms with E-state index in [-0.39, 0.29) is 17.0 Å². The first-order chi connectivity index (χ1) is 12.3. The summed E-state index contributed by atoms with van der Waals surface area (Å²) in [4.78, 5) is 8.89. The lowest BCUT2D eigenvalue weighted by atomic mass is 9.88. The molecule has 0 heterocycles. The van der Waals surface area contributed by atoms with Gasteiger partial charge in [-0.1, -0.05) is 30.0 Å². The van der Waals surface area contributed by atoms with Gasteiger partial charge in [-0.05, 0) is 17.5 Å². The van der Waals surface area contributed by atoms with Crippen LogP contribution in [0.4, 0.5) is 0 Å². The van der Waals surface area contributed by atoms with Gasteiger partial charge in [0.25, 0.3) is 0 Å². The Balaban J connectivity index is 0.00000261. The van der Waals surface area contributed by atoms with Gasteiger partial charge >= 0.3 is 0 Å². The molecule has 144 valence electrons. The molecule has 0 saturated heterocycles. The number of quaternary nitrogens is 1. The van der Waals surface area contributed by atoms with Gasteiger partial charge in [-0.25, -0.2) is 0 Å². The predicted molar refractivity (Wildman–Crippen MR) is 109 cm³/mol. The van der Waals surface area contributed by atoms with E-state index in [4.69, 9.17) is 0 Å². The second-order valence-electron chi connectivity index (χ2n) is 7.55. The fourth-order valence-corrected chi connectivity index (χ4v) is 3.27. The number of fused-ring (bicyclic) bond motifs is 2. The molecule has 0 radical (unpaired) electrons. The van der Waals surface area contributed by atoms with Crippen LogP contribution in [0.3, 0.4) is 0 Å². The summed E-state index contributed by atoms with van der Waals surface area (Å²) >= 11 is 0. The van der Waals surface area contributed by atoms with E-state index in [0.29, 0.717) is 39.9 Å². The summed E-state index contributed by atoms with van der Waals surface area (Å²) < 4.78 is 0.879. The molecule has 0 aromatic heterocycles. The van der Waals surface area contributed by atoms with Crippen molar-refractivity contribution in [2.75, 3.05) is 41.3 Å². The molecule has 3 rings (SSSR count). The van der Waals surface area contributed by atoms with Gasteiger partial charge in [-0.15, -0.1) is 0 Å². The zero-order valence-corrected chi connectivity index (χ0v) is 16.3. The van der Waals surface area contributed by atoms with Crippen LogP contribution in [0.15, 0.2) is 46.4 Å². The Morgan fingerprint density at radius 1 is 1.00 bits per heavy atom. The maximum absolute atomic E-state index is 13.0. The second-order valence-corrected chi connectivity index (χ2v) is 7.55. The van der Waals surface area contributed by atoms with Gasteiger partial charge in [0.1, 0.15) is 5.75 Å². The Morgan fingerprint density at radius 3 is 2.26 bits per heavy atom. The molecule has 2 aromatic carbocycles. The van der Waals surface area contributed by atoms with Crippen LogP contribution in [0.1, 0.15) is 17.5 Å². The first kappa shape index (κ1) is 20.6. The number of aromatic hydroxyl groups is 1. The van der Waals surface area contributed by atoms with Crippen molar-refractivity contribution >= 4 is 22.2 Å². The largest absolute Gasteiger partial charge is 0.872 e. The lowest BCUT2D eigenvalue weighted by molar-refractivity contribution is -0.870. The van der Waals surface area contributed by atoms with E-state index in [1.165, 1.54) is 0 Å². The summed E-state index contributed by atoms with van der Waals surface area (Å²) in [5, 5.41) is 25.0. The number of hydrogen-bond donors (Lipinski definition) is 1. The first-order valence-electron chi connectivity index (χ1n) is 8.78. The van der Waals surface area contributed by atoms with Crippen molar-refractivity contribution < 1.29 is 20.2 Å². The lowest BCUT2D eigenvalue weighted by Gasteiger charge is -2.26. The molecule has 0 unspecified atom stereocenters. The van der Waals surface area contributed by atoms with Crippen LogP contribution in [-0.4, -0.2) is 67.8 Å². The Morgan fingerprint density at radius 2 is 1.63 bits per heavy atom. The van der Waals surface area contributed by atoms with Gasteiger partial charge < -0.3 is 20.2 Å².